The summed E-state index contributed by atoms with van der Waals surface area (Å²) >= 11 is 0. The van der Waals surface area contributed by atoms with E-state index in [0.29, 0.717) is 18.0 Å². The molecular weight excluding hydrogens is 264 g/mol. The van der Waals surface area contributed by atoms with Gasteiger partial charge in [-0.2, -0.15) is 0 Å². The first-order valence-corrected chi connectivity index (χ1v) is 6.38. The SMILES string of the molecule is COc1ccc(C(=O)N2CCCC(CN)C2)cc1.Cl. The molecule has 0 radical (unpaired) electrons. The van der Waals surface area contributed by atoms with Crippen molar-refractivity contribution in [3.05, 3.63) is 29.8 Å². The van der Waals surface area contributed by atoms with Crippen molar-refractivity contribution in [1.29, 1.82) is 0 Å². The minimum Gasteiger partial charge on any atom is -0.497 e. The van der Waals surface area contributed by atoms with Crippen LogP contribution < -0.4 is 10.5 Å². The molecule has 1 aliphatic heterocycles. The lowest BCUT2D eigenvalue weighted by molar-refractivity contribution is 0.0678. The second kappa shape index (κ2) is 7.36. The van der Waals surface area contributed by atoms with E-state index in [2.05, 4.69) is 0 Å². The molecule has 1 aromatic rings. The van der Waals surface area contributed by atoms with Gasteiger partial charge in [0.15, 0.2) is 0 Å². The van der Waals surface area contributed by atoms with Gasteiger partial charge in [-0.15, -0.1) is 12.4 Å². The predicted octanol–water partition coefficient (Wildman–Crippen LogP) is 1.93. The number of likely N-dealkylation sites (tertiary alicyclic amines) is 1. The van der Waals surface area contributed by atoms with Crippen LogP contribution in [0.4, 0.5) is 0 Å². The summed E-state index contributed by atoms with van der Waals surface area (Å²) in [6, 6.07) is 7.26. The topological polar surface area (TPSA) is 55.6 Å². The van der Waals surface area contributed by atoms with Gasteiger partial charge in [-0.05, 0) is 49.6 Å². The number of ether oxygens (including phenoxy) is 1. The minimum atomic E-state index is 0. The van der Waals surface area contributed by atoms with Gasteiger partial charge in [-0.1, -0.05) is 0 Å². The molecule has 19 heavy (non-hydrogen) atoms. The lowest BCUT2D eigenvalue weighted by Crippen LogP contribution is -2.42. The molecule has 2 rings (SSSR count). The van der Waals surface area contributed by atoms with E-state index in [1.807, 2.05) is 29.2 Å². The maximum atomic E-state index is 12.3. The van der Waals surface area contributed by atoms with Crippen LogP contribution in [0.25, 0.3) is 0 Å². The standard InChI is InChI=1S/C14H20N2O2.ClH/c1-18-13-6-4-12(5-7-13)14(17)16-8-2-3-11(9-15)10-16;/h4-7,11H,2-3,8-10,15H2,1H3;1H. The van der Waals surface area contributed by atoms with Crippen molar-refractivity contribution in [2.24, 2.45) is 11.7 Å². The second-order valence-corrected chi connectivity index (χ2v) is 4.72. The Morgan fingerprint density at radius 1 is 1.42 bits per heavy atom. The van der Waals surface area contributed by atoms with Crippen LogP contribution >= 0.6 is 12.4 Å². The molecule has 1 amide bonds. The Bertz CT molecular complexity index is 408. The maximum Gasteiger partial charge on any atom is 0.253 e. The van der Waals surface area contributed by atoms with Crippen LogP contribution in [0.1, 0.15) is 23.2 Å². The zero-order valence-corrected chi connectivity index (χ0v) is 12.0. The number of carbonyl (C=O) groups is 1. The Morgan fingerprint density at radius 3 is 2.68 bits per heavy atom. The Balaban J connectivity index is 0.00000180. The molecule has 0 aromatic heterocycles. The van der Waals surface area contributed by atoms with E-state index in [1.54, 1.807) is 7.11 Å². The van der Waals surface area contributed by atoms with E-state index in [9.17, 15) is 4.79 Å². The van der Waals surface area contributed by atoms with E-state index < -0.39 is 0 Å². The fraction of sp³-hybridized carbons (Fsp3) is 0.500. The number of benzene rings is 1. The molecule has 0 bridgehead atoms. The molecule has 4 nitrogen and oxygen atoms in total. The monoisotopic (exact) mass is 284 g/mol. The number of nitrogens with two attached hydrogens (primary N) is 1. The Hall–Kier alpha value is -1.26. The molecule has 1 aromatic carbocycles. The molecule has 1 fully saturated rings. The van der Waals surface area contributed by atoms with Crippen molar-refractivity contribution in [3.8, 4) is 5.75 Å². The summed E-state index contributed by atoms with van der Waals surface area (Å²) < 4.78 is 5.09. The van der Waals surface area contributed by atoms with Gasteiger partial charge in [-0.25, -0.2) is 0 Å². The van der Waals surface area contributed by atoms with Crippen LogP contribution in [0, 0.1) is 5.92 Å². The van der Waals surface area contributed by atoms with Crippen molar-refractivity contribution >= 4 is 18.3 Å². The van der Waals surface area contributed by atoms with Crippen LogP contribution in [-0.4, -0.2) is 37.6 Å². The normalized spacial score (nSPS) is 18.6. The molecule has 1 atom stereocenters. The highest BCUT2D eigenvalue weighted by Gasteiger charge is 2.23. The predicted molar refractivity (Wildman–Crippen MR) is 77.9 cm³/mol. The van der Waals surface area contributed by atoms with Gasteiger partial charge in [0.2, 0.25) is 0 Å². The summed E-state index contributed by atoms with van der Waals surface area (Å²) in [7, 11) is 1.62. The molecule has 1 aliphatic rings. The van der Waals surface area contributed by atoms with E-state index in [-0.39, 0.29) is 18.3 Å². The summed E-state index contributed by atoms with van der Waals surface area (Å²) in [4.78, 5) is 14.2. The van der Waals surface area contributed by atoms with Crippen molar-refractivity contribution in [3.63, 3.8) is 0 Å². The fourth-order valence-corrected chi connectivity index (χ4v) is 2.36. The van der Waals surface area contributed by atoms with Crippen LogP contribution in [0.5, 0.6) is 5.75 Å². The van der Waals surface area contributed by atoms with E-state index in [4.69, 9.17) is 10.5 Å². The lowest BCUT2D eigenvalue weighted by Gasteiger charge is -2.32. The molecule has 106 valence electrons. The molecule has 2 N–H and O–H groups in total. The third-order valence-corrected chi connectivity index (χ3v) is 3.48. The number of halogens is 1. The number of hydrogen-bond donors (Lipinski definition) is 1. The van der Waals surface area contributed by atoms with Gasteiger partial charge in [0.1, 0.15) is 5.75 Å². The summed E-state index contributed by atoms with van der Waals surface area (Å²) in [6.45, 7) is 2.27. The number of carbonyl (C=O) groups excluding carboxylic acids is 1. The van der Waals surface area contributed by atoms with Crippen molar-refractivity contribution in [1.82, 2.24) is 4.90 Å². The number of methoxy groups -OCH3 is 1. The first kappa shape index (κ1) is 15.8. The number of nitrogens with zero attached hydrogens (tertiary/aromatic N) is 1. The summed E-state index contributed by atoms with van der Waals surface area (Å²) in [5, 5.41) is 0. The molecule has 1 heterocycles. The van der Waals surface area contributed by atoms with Gasteiger partial charge in [0.25, 0.3) is 5.91 Å². The molecule has 0 spiro atoms. The minimum absolute atomic E-state index is 0. The van der Waals surface area contributed by atoms with Crippen molar-refractivity contribution < 1.29 is 9.53 Å². The molecular formula is C14H21ClN2O2. The summed E-state index contributed by atoms with van der Waals surface area (Å²) in [6.07, 6.45) is 2.17. The number of piperidine rings is 1. The summed E-state index contributed by atoms with van der Waals surface area (Å²) in [5.74, 6) is 1.31. The van der Waals surface area contributed by atoms with Gasteiger partial charge >= 0.3 is 0 Å². The van der Waals surface area contributed by atoms with Gasteiger partial charge in [-0.3, -0.25) is 4.79 Å². The van der Waals surface area contributed by atoms with Gasteiger partial charge in [0.05, 0.1) is 7.11 Å². The molecule has 0 saturated carbocycles. The molecule has 1 saturated heterocycles. The largest absolute Gasteiger partial charge is 0.497 e. The van der Waals surface area contributed by atoms with Crippen LogP contribution in [0.2, 0.25) is 0 Å². The van der Waals surface area contributed by atoms with Crippen LogP contribution in [0.15, 0.2) is 24.3 Å². The highest BCUT2D eigenvalue weighted by atomic mass is 35.5. The number of hydrogen-bond acceptors (Lipinski definition) is 3. The number of rotatable bonds is 3. The van der Waals surface area contributed by atoms with Crippen molar-refractivity contribution in [2.45, 2.75) is 12.8 Å². The third kappa shape index (κ3) is 3.85. The first-order chi connectivity index (χ1) is 8.74. The Morgan fingerprint density at radius 2 is 2.11 bits per heavy atom. The van der Waals surface area contributed by atoms with Gasteiger partial charge in [0, 0.05) is 18.7 Å². The van der Waals surface area contributed by atoms with Crippen LogP contribution in [-0.2, 0) is 0 Å². The maximum absolute atomic E-state index is 12.3. The van der Waals surface area contributed by atoms with E-state index in [1.165, 1.54) is 0 Å². The van der Waals surface area contributed by atoms with Crippen LogP contribution in [0.3, 0.4) is 0 Å². The summed E-state index contributed by atoms with van der Waals surface area (Å²) in [5.41, 5.74) is 6.40. The molecule has 0 aliphatic carbocycles. The van der Waals surface area contributed by atoms with Crippen molar-refractivity contribution in [2.75, 3.05) is 26.7 Å². The zero-order valence-electron chi connectivity index (χ0n) is 11.2. The number of amides is 1. The van der Waals surface area contributed by atoms with E-state index >= 15 is 0 Å². The highest BCUT2D eigenvalue weighted by molar-refractivity contribution is 5.94. The fourth-order valence-electron chi connectivity index (χ4n) is 2.36. The average Bonchev–Trinajstić information content (AvgIpc) is 2.46. The lowest BCUT2D eigenvalue weighted by atomic mass is 9.97. The third-order valence-electron chi connectivity index (χ3n) is 3.48. The molecule has 1 unspecified atom stereocenters. The first-order valence-electron chi connectivity index (χ1n) is 6.38. The van der Waals surface area contributed by atoms with Gasteiger partial charge < -0.3 is 15.4 Å². The molecule has 5 heteroatoms. The highest BCUT2D eigenvalue weighted by Crippen LogP contribution is 2.19. The Kier molecular flexibility index (Phi) is 6.12. The Labute approximate surface area is 120 Å². The smallest absolute Gasteiger partial charge is 0.253 e. The second-order valence-electron chi connectivity index (χ2n) is 4.72. The quantitative estimate of drug-likeness (QED) is 0.923. The van der Waals surface area contributed by atoms with E-state index in [0.717, 1.165) is 31.7 Å². The average molecular weight is 285 g/mol. The zero-order chi connectivity index (χ0) is 13.0.